The number of nitrogens with zero attached hydrogens (tertiary/aromatic N) is 3. The Labute approximate surface area is 186 Å². The maximum Gasteiger partial charge on any atom is 0.251 e. The number of hydrogen-bond acceptors (Lipinski definition) is 6. The molecule has 162 valence electrons. The van der Waals surface area contributed by atoms with Crippen LogP contribution in [0.1, 0.15) is 35.6 Å². The molecule has 1 aromatic heterocycles. The van der Waals surface area contributed by atoms with Gasteiger partial charge in [0.1, 0.15) is 0 Å². The number of hydrogen-bond donors (Lipinski definition) is 1. The maximum absolute atomic E-state index is 12.6. The molecule has 0 unspecified atom stereocenters. The largest absolute Gasteiger partial charge is 0.454 e. The van der Waals surface area contributed by atoms with Crippen LogP contribution in [0.5, 0.6) is 11.5 Å². The van der Waals surface area contributed by atoms with Gasteiger partial charge in [-0.1, -0.05) is 55.9 Å². The summed E-state index contributed by atoms with van der Waals surface area (Å²) in [7, 11) is 0. The molecule has 1 aliphatic rings. The third-order valence-corrected chi connectivity index (χ3v) is 5.82. The zero-order valence-electron chi connectivity index (χ0n) is 17.7. The molecule has 0 saturated carbocycles. The van der Waals surface area contributed by atoms with E-state index in [1.165, 1.54) is 5.56 Å². The van der Waals surface area contributed by atoms with Crippen LogP contribution in [-0.2, 0) is 19.5 Å². The standard InChI is InChI=1S/C23H26N4O3S/c1-16(2)14-27-21(25-26-23(27)31-11-10-17-6-4-3-5-7-17)13-24-22(28)18-8-9-19-20(12-18)30-15-29-19/h3-9,12,16H,10-11,13-15H2,1-2H3,(H,24,28). The van der Waals surface area contributed by atoms with E-state index in [0.29, 0.717) is 29.5 Å². The molecule has 0 spiro atoms. The van der Waals surface area contributed by atoms with Gasteiger partial charge in [0.25, 0.3) is 5.91 Å². The molecule has 4 rings (SSSR count). The number of ether oxygens (including phenoxy) is 2. The molecule has 8 heteroatoms. The van der Waals surface area contributed by atoms with Crippen LogP contribution in [0, 0.1) is 5.92 Å². The summed E-state index contributed by atoms with van der Waals surface area (Å²) in [5.41, 5.74) is 1.83. The van der Waals surface area contributed by atoms with E-state index in [9.17, 15) is 4.79 Å². The van der Waals surface area contributed by atoms with Crippen LogP contribution >= 0.6 is 11.8 Å². The van der Waals surface area contributed by atoms with Crippen LogP contribution in [0.15, 0.2) is 53.7 Å². The molecule has 0 bridgehead atoms. The molecule has 1 amide bonds. The number of aromatic nitrogens is 3. The first-order valence-corrected chi connectivity index (χ1v) is 11.4. The lowest BCUT2D eigenvalue weighted by Crippen LogP contribution is -2.25. The van der Waals surface area contributed by atoms with E-state index in [1.54, 1.807) is 30.0 Å². The summed E-state index contributed by atoms with van der Waals surface area (Å²) >= 11 is 1.70. The quantitative estimate of drug-likeness (QED) is 0.510. The lowest BCUT2D eigenvalue weighted by Gasteiger charge is -2.13. The second-order valence-corrected chi connectivity index (χ2v) is 8.80. The van der Waals surface area contributed by atoms with Crippen molar-refractivity contribution in [3.8, 4) is 11.5 Å². The highest BCUT2D eigenvalue weighted by atomic mass is 32.2. The predicted octanol–water partition coefficient (Wildman–Crippen LogP) is 3.93. The molecule has 3 aromatic rings. The van der Waals surface area contributed by atoms with Crippen LogP contribution in [0.2, 0.25) is 0 Å². The zero-order chi connectivity index (χ0) is 21.6. The fourth-order valence-corrected chi connectivity index (χ4v) is 4.26. The van der Waals surface area contributed by atoms with E-state index in [1.807, 2.05) is 6.07 Å². The summed E-state index contributed by atoms with van der Waals surface area (Å²) in [5.74, 6) is 3.18. The normalized spacial score (nSPS) is 12.4. The minimum atomic E-state index is -0.185. The number of thioether (sulfide) groups is 1. The number of rotatable bonds is 9. The number of fused-ring (bicyclic) bond motifs is 1. The van der Waals surface area contributed by atoms with Crippen LogP contribution in [-0.4, -0.2) is 33.2 Å². The molecule has 0 aliphatic carbocycles. The molecule has 0 fully saturated rings. The smallest absolute Gasteiger partial charge is 0.251 e. The Kier molecular flexibility index (Phi) is 6.76. The highest BCUT2D eigenvalue weighted by molar-refractivity contribution is 7.99. The monoisotopic (exact) mass is 438 g/mol. The fraction of sp³-hybridized carbons (Fsp3) is 0.348. The number of aryl methyl sites for hydroxylation is 1. The molecule has 2 heterocycles. The average molecular weight is 439 g/mol. The van der Waals surface area contributed by atoms with E-state index >= 15 is 0 Å². The van der Waals surface area contributed by atoms with Gasteiger partial charge in [0.15, 0.2) is 22.5 Å². The van der Waals surface area contributed by atoms with Gasteiger partial charge in [0, 0.05) is 17.9 Å². The van der Waals surface area contributed by atoms with Gasteiger partial charge in [-0.05, 0) is 36.1 Å². The summed E-state index contributed by atoms with van der Waals surface area (Å²) in [6.07, 6.45) is 0.968. The topological polar surface area (TPSA) is 78.3 Å². The van der Waals surface area contributed by atoms with Crippen molar-refractivity contribution in [2.24, 2.45) is 5.92 Å². The number of carbonyl (C=O) groups is 1. The van der Waals surface area contributed by atoms with Gasteiger partial charge in [0.05, 0.1) is 6.54 Å². The number of benzene rings is 2. The van der Waals surface area contributed by atoms with Crippen molar-refractivity contribution in [1.29, 1.82) is 0 Å². The molecular formula is C23H26N4O3S. The van der Waals surface area contributed by atoms with Crippen LogP contribution in [0.3, 0.4) is 0 Å². The molecular weight excluding hydrogens is 412 g/mol. The Morgan fingerprint density at radius 2 is 1.94 bits per heavy atom. The van der Waals surface area contributed by atoms with Crippen molar-refractivity contribution in [2.75, 3.05) is 12.5 Å². The van der Waals surface area contributed by atoms with E-state index in [-0.39, 0.29) is 12.7 Å². The lowest BCUT2D eigenvalue weighted by molar-refractivity contribution is 0.0949. The Balaban J connectivity index is 1.39. The highest BCUT2D eigenvalue weighted by Gasteiger charge is 2.18. The van der Waals surface area contributed by atoms with Crippen LogP contribution in [0.25, 0.3) is 0 Å². The lowest BCUT2D eigenvalue weighted by atomic mass is 10.2. The summed E-state index contributed by atoms with van der Waals surface area (Å²) in [6, 6.07) is 15.6. The van der Waals surface area contributed by atoms with Crippen molar-refractivity contribution in [3.05, 3.63) is 65.5 Å². The van der Waals surface area contributed by atoms with Crippen molar-refractivity contribution < 1.29 is 14.3 Å². The Morgan fingerprint density at radius 3 is 2.74 bits per heavy atom. The van der Waals surface area contributed by atoms with Crippen LogP contribution < -0.4 is 14.8 Å². The third kappa shape index (κ3) is 5.38. The predicted molar refractivity (Wildman–Crippen MR) is 119 cm³/mol. The molecule has 31 heavy (non-hydrogen) atoms. The third-order valence-electron chi connectivity index (χ3n) is 4.85. The Hall–Kier alpha value is -3.00. The molecule has 1 N–H and O–H groups in total. The van der Waals surface area contributed by atoms with Gasteiger partial charge in [-0.2, -0.15) is 0 Å². The molecule has 0 atom stereocenters. The maximum atomic E-state index is 12.6. The number of amides is 1. The number of carbonyl (C=O) groups excluding carboxylic acids is 1. The number of nitrogens with one attached hydrogen (secondary N) is 1. The van der Waals surface area contributed by atoms with Crippen molar-refractivity contribution in [2.45, 2.75) is 38.5 Å². The summed E-state index contributed by atoms with van der Waals surface area (Å²) in [5, 5.41) is 12.6. The first-order chi connectivity index (χ1) is 15.1. The van der Waals surface area contributed by atoms with Crippen molar-refractivity contribution in [3.63, 3.8) is 0 Å². The van der Waals surface area contributed by atoms with Crippen molar-refractivity contribution in [1.82, 2.24) is 20.1 Å². The van der Waals surface area contributed by atoms with Gasteiger partial charge >= 0.3 is 0 Å². The molecule has 2 aromatic carbocycles. The van der Waals surface area contributed by atoms with Crippen LogP contribution in [0.4, 0.5) is 0 Å². The first-order valence-electron chi connectivity index (χ1n) is 10.4. The van der Waals surface area contributed by atoms with Gasteiger partial charge < -0.3 is 19.4 Å². The van der Waals surface area contributed by atoms with E-state index in [0.717, 1.165) is 29.7 Å². The highest BCUT2D eigenvalue weighted by Crippen LogP contribution is 2.32. The Morgan fingerprint density at radius 1 is 1.13 bits per heavy atom. The van der Waals surface area contributed by atoms with Crippen molar-refractivity contribution >= 4 is 17.7 Å². The van der Waals surface area contributed by atoms with E-state index in [2.05, 4.69) is 58.2 Å². The van der Waals surface area contributed by atoms with Gasteiger partial charge in [-0.25, -0.2) is 0 Å². The second-order valence-electron chi connectivity index (χ2n) is 7.74. The minimum absolute atomic E-state index is 0.184. The zero-order valence-corrected chi connectivity index (χ0v) is 18.5. The second kappa shape index (κ2) is 9.87. The van der Waals surface area contributed by atoms with E-state index in [4.69, 9.17) is 9.47 Å². The molecule has 0 radical (unpaired) electrons. The van der Waals surface area contributed by atoms with Gasteiger partial charge in [-0.15, -0.1) is 10.2 Å². The Bertz CT molecular complexity index is 1040. The van der Waals surface area contributed by atoms with Gasteiger partial charge in [0.2, 0.25) is 6.79 Å². The van der Waals surface area contributed by atoms with E-state index < -0.39 is 0 Å². The summed E-state index contributed by atoms with van der Waals surface area (Å²) < 4.78 is 12.8. The fourth-order valence-electron chi connectivity index (χ4n) is 3.31. The minimum Gasteiger partial charge on any atom is -0.454 e. The van der Waals surface area contributed by atoms with Gasteiger partial charge in [-0.3, -0.25) is 4.79 Å². The SMILES string of the molecule is CC(C)Cn1c(CNC(=O)c2ccc3c(c2)OCO3)nnc1SCCc1ccccc1. The first kappa shape index (κ1) is 21.2. The summed E-state index contributed by atoms with van der Waals surface area (Å²) in [4.78, 5) is 12.6. The average Bonchev–Trinajstić information content (AvgIpc) is 3.39. The summed E-state index contributed by atoms with van der Waals surface area (Å²) in [6.45, 7) is 5.62. The molecule has 1 aliphatic heterocycles. The molecule has 7 nitrogen and oxygen atoms in total. The molecule has 0 saturated heterocycles.